The first kappa shape index (κ1) is 12.1. The lowest BCUT2D eigenvalue weighted by molar-refractivity contribution is 0.149. The molecule has 1 aromatic heterocycles. The summed E-state index contributed by atoms with van der Waals surface area (Å²) in [6, 6.07) is 2.27. The minimum absolute atomic E-state index is 0.655. The third-order valence-corrected chi connectivity index (χ3v) is 4.45. The summed E-state index contributed by atoms with van der Waals surface area (Å²) in [5.74, 6) is 1.47. The number of hydrogen-bond acceptors (Lipinski definition) is 5. The van der Waals surface area contributed by atoms with E-state index in [1.54, 1.807) is 0 Å². The van der Waals surface area contributed by atoms with Crippen LogP contribution < -0.4 is 5.32 Å². The Bertz CT molecular complexity index is 391. The summed E-state index contributed by atoms with van der Waals surface area (Å²) in [6.07, 6.45) is 6.20. The van der Waals surface area contributed by atoms with Crippen LogP contribution in [-0.2, 0) is 6.42 Å². The lowest BCUT2D eigenvalue weighted by Gasteiger charge is -2.36. The summed E-state index contributed by atoms with van der Waals surface area (Å²) in [5.41, 5.74) is 0. The SMILES string of the molecule is Cc1nc(CCNC2CC3CCC(C2)N3C)no1. The number of aromatic nitrogens is 2. The maximum Gasteiger partial charge on any atom is 0.223 e. The van der Waals surface area contributed by atoms with Gasteiger partial charge in [-0.2, -0.15) is 4.98 Å². The van der Waals surface area contributed by atoms with Gasteiger partial charge in [-0.1, -0.05) is 5.16 Å². The number of nitrogens with one attached hydrogen (secondary N) is 1. The zero-order valence-corrected chi connectivity index (χ0v) is 11.2. The van der Waals surface area contributed by atoms with Crippen LogP contribution in [0.1, 0.15) is 37.4 Å². The summed E-state index contributed by atoms with van der Waals surface area (Å²) < 4.78 is 4.97. The van der Waals surface area contributed by atoms with Crippen molar-refractivity contribution in [2.75, 3.05) is 13.6 Å². The molecule has 2 aliphatic heterocycles. The van der Waals surface area contributed by atoms with Crippen molar-refractivity contribution >= 4 is 0 Å². The Morgan fingerprint density at radius 2 is 2.06 bits per heavy atom. The first-order valence-electron chi connectivity index (χ1n) is 6.97. The second-order valence-corrected chi connectivity index (χ2v) is 5.65. The van der Waals surface area contributed by atoms with Gasteiger partial charge in [-0.15, -0.1) is 0 Å². The molecule has 2 fully saturated rings. The van der Waals surface area contributed by atoms with Crippen LogP contribution in [0.25, 0.3) is 0 Å². The summed E-state index contributed by atoms with van der Waals surface area (Å²) >= 11 is 0. The van der Waals surface area contributed by atoms with Gasteiger partial charge in [0.15, 0.2) is 5.82 Å². The van der Waals surface area contributed by atoms with Gasteiger partial charge in [-0.05, 0) is 32.7 Å². The number of aryl methyl sites for hydroxylation is 1. The van der Waals surface area contributed by atoms with Crippen molar-refractivity contribution in [2.45, 2.75) is 57.2 Å². The fourth-order valence-electron chi connectivity index (χ4n) is 3.41. The van der Waals surface area contributed by atoms with Crippen LogP contribution in [0.3, 0.4) is 0 Å². The Kier molecular flexibility index (Phi) is 3.35. The van der Waals surface area contributed by atoms with Crippen molar-refractivity contribution < 1.29 is 4.52 Å². The highest BCUT2D eigenvalue weighted by Crippen LogP contribution is 2.34. The van der Waals surface area contributed by atoms with Gasteiger partial charge in [0.1, 0.15) is 0 Å². The molecule has 5 nitrogen and oxygen atoms in total. The van der Waals surface area contributed by atoms with Gasteiger partial charge in [0.05, 0.1) is 0 Å². The van der Waals surface area contributed by atoms with E-state index in [1.807, 2.05) is 6.92 Å². The Hall–Kier alpha value is -0.940. The fourth-order valence-corrected chi connectivity index (χ4v) is 3.41. The Morgan fingerprint density at radius 3 is 2.67 bits per heavy atom. The van der Waals surface area contributed by atoms with Crippen molar-refractivity contribution in [3.8, 4) is 0 Å². The van der Waals surface area contributed by atoms with E-state index in [1.165, 1.54) is 25.7 Å². The fraction of sp³-hybridized carbons (Fsp3) is 0.846. The van der Waals surface area contributed by atoms with Crippen molar-refractivity contribution in [3.05, 3.63) is 11.7 Å². The number of fused-ring (bicyclic) bond motifs is 2. The van der Waals surface area contributed by atoms with Gasteiger partial charge in [0.25, 0.3) is 0 Å². The van der Waals surface area contributed by atoms with Crippen molar-refractivity contribution in [2.24, 2.45) is 0 Å². The molecule has 100 valence electrons. The van der Waals surface area contributed by atoms with Gasteiger partial charge in [0, 0.05) is 38.0 Å². The molecule has 1 aromatic rings. The molecule has 2 atom stereocenters. The molecular formula is C13H22N4O. The van der Waals surface area contributed by atoms with E-state index in [0.717, 1.165) is 30.9 Å². The molecule has 0 saturated carbocycles. The Balaban J connectivity index is 1.44. The Labute approximate surface area is 108 Å². The molecule has 0 aromatic carbocycles. The highest BCUT2D eigenvalue weighted by Gasteiger charge is 2.37. The first-order valence-corrected chi connectivity index (χ1v) is 6.97. The summed E-state index contributed by atoms with van der Waals surface area (Å²) in [5, 5.41) is 7.57. The van der Waals surface area contributed by atoms with E-state index >= 15 is 0 Å². The molecule has 0 amide bonds. The molecule has 0 radical (unpaired) electrons. The molecular weight excluding hydrogens is 228 g/mol. The number of hydrogen-bond donors (Lipinski definition) is 1. The minimum Gasteiger partial charge on any atom is -0.340 e. The van der Waals surface area contributed by atoms with Crippen LogP contribution in [0.15, 0.2) is 4.52 Å². The highest BCUT2D eigenvalue weighted by molar-refractivity contribution is 4.96. The van der Waals surface area contributed by atoms with Crippen LogP contribution in [0.5, 0.6) is 0 Å². The van der Waals surface area contributed by atoms with E-state index in [0.29, 0.717) is 11.9 Å². The van der Waals surface area contributed by atoms with Crippen LogP contribution in [0.4, 0.5) is 0 Å². The van der Waals surface area contributed by atoms with E-state index in [2.05, 4.69) is 27.4 Å². The second-order valence-electron chi connectivity index (χ2n) is 5.65. The van der Waals surface area contributed by atoms with Crippen molar-refractivity contribution in [1.29, 1.82) is 0 Å². The van der Waals surface area contributed by atoms with Gasteiger partial charge in [-0.3, -0.25) is 0 Å². The van der Waals surface area contributed by atoms with Gasteiger partial charge in [-0.25, -0.2) is 0 Å². The monoisotopic (exact) mass is 250 g/mol. The number of piperidine rings is 1. The second kappa shape index (κ2) is 4.97. The molecule has 0 aliphatic carbocycles. The molecule has 18 heavy (non-hydrogen) atoms. The van der Waals surface area contributed by atoms with E-state index in [9.17, 15) is 0 Å². The molecule has 1 N–H and O–H groups in total. The van der Waals surface area contributed by atoms with E-state index < -0.39 is 0 Å². The Morgan fingerprint density at radius 1 is 1.33 bits per heavy atom. The standard InChI is InChI=1S/C13H22N4O/c1-9-15-13(16-18-9)5-6-14-10-7-11-3-4-12(8-10)17(11)2/h10-12,14H,3-8H2,1-2H3. The minimum atomic E-state index is 0.655. The third-order valence-electron chi connectivity index (χ3n) is 4.45. The molecule has 2 unspecified atom stereocenters. The lowest BCUT2D eigenvalue weighted by atomic mass is 9.98. The molecule has 3 heterocycles. The maximum absolute atomic E-state index is 4.97. The molecule has 2 bridgehead atoms. The third kappa shape index (κ3) is 2.42. The van der Waals surface area contributed by atoms with Gasteiger partial charge >= 0.3 is 0 Å². The predicted octanol–water partition coefficient (Wildman–Crippen LogP) is 1.14. The van der Waals surface area contributed by atoms with Gasteiger partial charge < -0.3 is 14.7 Å². The lowest BCUT2D eigenvalue weighted by Crippen LogP contribution is -2.47. The van der Waals surface area contributed by atoms with Crippen LogP contribution in [0.2, 0.25) is 0 Å². The van der Waals surface area contributed by atoms with E-state index in [-0.39, 0.29) is 0 Å². The summed E-state index contributed by atoms with van der Waals surface area (Å²) in [6.45, 7) is 2.78. The zero-order valence-electron chi connectivity index (χ0n) is 11.2. The topological polar surface area (TPSA) is 54.2 Å². The molecule has 3 rings (SSSR count). The average molecular weight is 250 g/mol. The van der Waals surface area contributed by atoms with E-state index in [4.69, 9.17) is 4.52 Å². The van der Waals surface area contributed by atoms with Crippen molar-refractivity contribution in [3.63, 3.8) is 0 Å². The van der Waals surface area contributed by atoms with Gasteiger partial charge in [0.2, 0.25) is 5.89 Å². The quantitative estimate of drug-likeness (QED) is 0.868. The normalized spacial score (nSPS) is 32.0. The maximum atomic E-state index is 4.97. The van der Waals surface area contributed by atoms with Crippen LogP contribution >= 0.6 is 0 Å². The highest BCUT2D eigenvalue weighted by atomic mass is 16.5. The smallest absolute Gasteiger partial charge is 0.223 e. The first-order chi connectivity index (χ1) is 8.72. The molecule has 5 heteroatoms. The molecule has 0 spiro atoms. The predicted molar refractivity (Wildman–Crippen MR) is 68.3 cm³/mol. The zero-order chi connectivity index (χ0) is 12.5. The van der Waals surface area contributed by atoms with Crippen LogP contribution in [0, 0.1) is 6.92 Å². The largest absolute Gasteiger partial charge is 0.340 e. The summed E-state index contributed by atoms with van der Waals surface area (Å²) in [4.78, 5) is 6.79. The van der Waals surface area contributed by atoms with Crippen LogP contribution in [-0.4, -0.2) is 46.8 Å². The molecule has 2 saturated heterocycles. The summed E-state index contributed by atoms with van der Waals surface area (Å²) in [7, 11) is 2.28. The molecule has 2 aliphatic rings. The van der Waals surface area contributed by atoms with Crippen molar-refractivity contribution in [1.82, 2.24) is 20.4 Å². The number of rotatable bonds is 4. The average Bonchev–Trinajstić information content (AvgIpc) is 2.82. The number of nitrogens with zero attached hydrogens (tertiary/aromatic N) is 3.